The standard InChI is InChI=1S/C25H24F4N4O2/c1-24(2,3)16-6-5-7-19(12-16)32-21-20(10-15(13-31-21)22(34)30-4)33-23(35)14-8-17(25(27,28)29)11-18(26)9-14/h5-13H,1-4H3,(H,30,34)(H,31,32)(H,33,35). The molecule has 0 unspecified atom stereocenters. The maximum Gasteiger partial charge on any atom is 0.416 e. The Morgan fingerprint density at radius 2 is 1.60 bits per heavy atom. The molecule has 35 heavy (non-hydrogen) atoms. The zero-order valence-electron chi connectivity index (χ0n) is 19.5. The van der Waals surface area contributed by atoms with Crippen LogP contribution in [0.5, 0.6) is 0 Å². The molecule has 0 saturated heterocycles. The van der Waals surface area contributed by atoms with Crippen molar-refractivity contribution in [1.29, 1.82) is 0 Å². The summed E-state index contributed by atoms with van der Waals surface area (Å²) in [4.78, 5) is 29.1. The molecule has 0 spiro atoms. The van der Waals surface area contributed by atoms with Crippen LogP contribution in [0.2, 0.25) is 0 Å². The minimum atomic E-state index is -4.83. The topological polar surface area (TPSA) is 83.1 Å². The van der Waals surface area contributed by atoms with E-state index in [4.69, 9.17) is 0 Å². The normalized spacial score (nSPS) is 11.7. The van der Waals surface area contributed by atoms with E-state index in [0.29, 0.717) is 23.9 Å². The third-order valence-electron chi connectivity index (χ3n) is 5.10. The summed E-state index contributed by atoms with van der Waals surface area (Å²) in [6.45, 7) is 6.13. The van der Waals surface area contributed by atoms with Crippen molar-refractivity contribution in [1.82, 2.24) is 10.3 Å². The summed E-state index contributed by atoms with van der Waals surface area (Å²) < 4.78 is 53.1. The van der Waals surface area contributed by atoms with Crippen LogP contribution in [0.25, 0.3) is 0 Å². The first-order valence-electron chi connectivity index (χ1n) is 10.6. The van der Waals surface area contributed by atoms with Crippen LogP contribution >= 0.6 is 0 Å². The molecule has 1 aromatic heterocycles. The number of nitrogens with one attached hydrogen (secondary N) is 3. The first kappa shape index (κ1) is 25.7. The van der Waals surface area contributed by atoms with Crippen molar-refractivity contribution in [2.75, 3.05) is 17.7 Å². The fourth-order valence-electron chi connectivity index (χ4n) is 3.21. The lowest BCUT2D eigenvalue weighted by Gasteiger charge is -2.20. The van der Waals surface area contributed by atoms with Gasteiger partial charge in [0.15, 0.2) is 5.82 Å². The molecular formula is C25H24F4N4O2. The molecule has 0 fully saturated rings. The van der Waals surface area contributed by atoms with Crippen molar-refractivity contribution in [3.63, 3.8) is 0 Å². The number of benzene rings is 2. The molecule has 3 aromatic rings. The minimum absolute atomic E-state index is 0.0232. The Kier molecular flexibility index (Phi) is 7.14. The van der Waals surface area contributed by atoms with Gasteiger partial charge in [0.25, 0.3) is 11.8 Å². The summed E-state index contributed by atoms with van der Waals surface area (Å²) in [6, 6.07) is 10.3. The molecule has 0 atom stereocenters. The van der Waals surface area contributed by atoms with Crippen molar-refractivity contribution in [3.8, 4) is 0 Å². The molecule has 2 amide bonds. The maximum atomic E-state index is 13.8. The van der Waals surface area contributed by atoms with Gasteiger partial charge in [-0.3, -0.25) is 9.59 Å². The molecule has 1 heterocycles. The van der Waals surface area contributed by atoms with Gasteiger partial charge in [-0.05, 0) is 47.4 Å². The van der Waals surface area contributed by atoms with Crippen LogP contribution in [0.1, 0.15) is 52.6 Å². The monoisotopic (exact) mass is 488 g/mol. The van der Waals surface area contributed by atoms with Crippen molar-refractivity contribution in [2.24, 2.45) is 0 Å². The van der Waals surface area contributed by atoms with E-state index in [2.05, 4.69) is 20.9 Å². The lowest BCUT2D eigenvalue weighted by atomic mass is 9.87. The van der Waals surface area contributed by atoms with Crippen LogP contribution in [0.15, 0.2) is 54.7 Å². The van der Waals surface area contributed by atoms with Crippen molar-refractivity contribution in [3.05, 3.63) is 82.8 Å². The van der Waals surface area contributed by atoms with Gasteiger partial charge in [0.2, 0.25) is 0 Å². The predicted octanol–water partition coefficient (Wildman–Crippen LogP) is 5.89. The fraction of sp³-hybridized carbons (Fsp3) is 0.240. The third-order valence-corrected chi connectivity index (χ3v) is 5.10. The van der Waals surface area contributed by atoms with Gasteiger partial charge < -0.3 is 16.0 Å². The number of anilines is 3. The summed E-state index contributed by atoms with van der Waals surface area (Å²) in [5, 5.41) is 7.93. The van der Waals surface area contributed by atoms with Gasteiger partial charge in [-0.25, -0.2) is 9.37 Å². The Bertz CT molecular complexity index is 1270. The summed E-state index contributed by atoms with van der Waals surface area (Å²) in [7, 11) is 1.41. The summed E-state index contributed by atoms with van der Waals surface area (Å²) in [5.74, 6) is -2.55. The first-order chi connectivity index (χ1) is 16.3. The van der Waals surface area contributed by atoms with E-state index in [1.54, 1.807) is 6.07 Å². The van der Waals surface area contributed by atoms with Gasteiger partial charge in [0.05, 0.1) is 16.8 Å². The highest BCUT2D eigenvalue weighted by Gasteiger charge is 2.32. The van der Waals surface area contributed by atoms with Gasteiger partial charge >= 0.3 is 6.18 Å². The Balaban J connectivity index is 2.00. The highest BCUT2D eigenvalue weighted by molar-refractivity contribution is 6.07. The largest absolute Gasteiger partial charge is 0.416 e. The number of carbonyl (C=O) groups excluding carboxylic acids is 2. The number of aromatic nitrogens is 1. The Hall–Kier alpha value is -3.95. The second kappa shape index (κ2) is 9.73. The molecule has 3 N–H and O–H groups in total. The van der Waals surface area contributed by atoms with Crippen LogP contribution in [0.4, 0.5) is 34.8 Å². The van der Waals surface area contributed by atoms with Gasteiger partial charge in [0, 0.05) is 24.5 Å². The fourth-order valence-corrected chi connectivity index (χ4v) is 3.21. The number of rotatable bonds is 5. The lowest BCUT2D eigenvalue weighted by Crippen LogP contribution is -2.20. The van der Waals surface area contributed by atoms with Crippen LogP contribution in [-0.2, 0) is 11.6 Å². The van der Waals surface area contributed by atoms with Crippen molar-refractivity contribution >= 4 is 29.0 Å². The molecule has 0 aliphatic heterocycles. The maximum absolute atomic E-state index is 13.8. The van der Waals surface area contributed by atoms with Gasteiger partial charge in [-0.1, -0.05) is 32.9 Å². The van der Waals surface area contributed by atoms with E-state index in [1.807, 2.05) is 39.0 Å². The highest BCUT2D eigenvalue weighted by Crippen LogP contribution is 2.32. The average Bonchev–Trinajstić information content (AvgIpc) is 2.78. The van der Waals surface area contributed by atoms with Crippen LogP contribution < -0.4 is 16.0 Å². The molecular weight excluding hydrogens is 464 g/mol. The summed E-state index contributed by atoms with van der Waals surface area (Å²) in [6.07, 6.45) is -3.54. The minimum Gasteiger partial charge on any atom is -0.355 e. The highest BCUT2D eigenvalue weighted by atomic mass is 19.4. The van der Waals surface area contributed by atoms with E-state index in [1.165, 1.54) is 19.3 Å². The molecule has 6 nitrogen and oxygen atoms in total. The van der Waals surface area contributed by atoms with Crippen LogP contribution in [0.3, 0.4) is 0 Å². The van der Waals surface area contributed by atoms with Gasteiger partial charge in [0.1, 0.15) is 5.82 Å². The number of amides is 2. The zero-order chi connectivity index (χ0) is 26.0. The summed E-state index contributed by atoms with van der Waals surface area (Å²) >= 11 is 0. The molecule has 0 aliphatic carbocycles. The molecule has 0 bridgehead atoms. The number of carbonyl (C=O) groups is 2. The quantitative estimate of drug-likeness (QED) is 0.391. The van der Waals surface area contributed by atoms with Gasteiger partial charge in [-0.15, -0.1) is 0 Å². The van der Waals surface area contributed by atoms with Gasteiger partial charge in [-0.2, -0.15) is 13.2 Å². The number of pyridine rings is 1. The molecule has 10 heteroatoms. The number of nitrogens with zero attached hydrogens (tertiary/aromatic N) is 1. The van der Waals surface area contributed by atoms with Crippen molar-refractivity contribution < 1.29 is 27.2 Å². The zero-order valence-corrected chi connectivity index (χ0v) is 19.5. The first-order valence-corrected chi connectivity index (χ1v) is 10.6. The van der Waals surface area contributed by atoms with Crippen LogP contribution in [-0.4, -0.2) is 23.8 Å². The smallest absolute Gasteiger partial charge is 0.355 e. The number of halogens is 4. The number of hydrogen-bond donors (Lipinski definition) is 3. The third kappa shape index (κ3) is 6.34. The number of alkyl halides is 3. The Morgan fingerprint density at radius 3 is 2.23 bits per heavy atom. The van der Waals surface area contributed by atoms with E-state index in [-0.39, 0.29) is 22.5 Å². The number of hydrogen-bond acceptors (Lipinski definition) is 4. The summed E-state index contributed by atoms with van der Waals surface area (Å²) in [5.41, 5.74) is -0.186. The second-order valence-corrected chi connectivity index (χ2v) is 8.84. The molecule has 2 aromatic carbocycles. The van der Waals surface area contributed by atoms with Crippen molar-refractivity contribution in [2.45, 2.75) is 32.4 Å². The average molecular weight is 488 g/mol. The lowest BCUT2D eigenvalue weighted by molar-refractivity contribution is -0.137. The molecule has 0 aliphatic rings. The van der Waals surface area contributed by atoms with Crippen LogP contribution in [0, 0.1) is 5.82 Å². The van der Waals surface area contributed by atoms with E-state index in [9.17, 15) is 27.2 Å². The SMILES string of the molecule is CNC(=O)c1cnc(Nc2cccc(C(C)(C)C)c2)c(NC(=O)c2cc(F)cc(C(F)(F)F)c2)c1. The van der Waals surface area contributed by atoms with E-state index < -0.39 is 34.9 Å². The molecule has 0 saturated carbocycles. The van der Waals surface area contributed by atoms with E-state index in [0.717, 1.165) is 5.56 Å². The Labute approximate surface area is 199 Å². The predicted molar refractivity (Wildman–Crippen MR) is 125 cm³/mol. The molecule has 0 radical (unpaired) electrons. The Morgan fingerprint density at radius 1 is 0.886 bits per heavy atom. The van der Waals surface area contributed by atoms with E-state index >= 15 is 0 Å². The molecule has 3 rings (SSSR count). The second-order valence-electron chi connectivity index (χ2n) is 8.84. The molecule has 184 valence electrons.